The van der Waals surface area contributed by atoms with E-state index in [1.165, 1.54) is 0 Å². The lowest BCUT2D eigenvalue weighted by atomic mass is 10.2. The summed E-state index contributed by atoms with van der Waals surface area (Å²) in [5.41, 5.74) is 1.63. The number of amides is 1. The molecule has 1 amide bonds. The first-order chi connectivity index (χ1) is 11.3. The van der Waals surface area contributed by atoms with Gasteiger partial charge in [-0.25, -0.2) is 14.6 Å². The highest BCUT2D eigenvalue weighted by Gasteiger charge is 2.14. The van der Waals surface area contributed by atoms with Gasteiger partial charge in [-0.2, -0.15) is 0 Å². The molecule has 3 heterocycles. The zero-order chi connectivity index (χ0) is 15.6. The lowest BCUT2D eigenvalue weighted by molar-refractivity contribution is 0.102. The maximum absolute atomic E-state index is 12.4. The molecule has 0 aliphatic carbocycles. The first-order valence-electron chi connectivity index (χ1n) is 6.88. The smallest absolute Gasteiger partial charge is 0.276 e. The van der Waals surface area contributed by atoms with Gasteiger partial charge in [-0.15, -0.1) is 5.10 Å². The summed E-state index contributed by atoms with van der Waals surface area (Å²) < 4.78 is 3.28. The Hall–Kier alpha value is -3.55. The second-order valence-electron chi connectivity index (χ2n) is 4.77. The summed E-state index contributed by atoms with van der Waals surface area (Å²) in [6, 6.07) is 9.11. The minimum atomic E-state index is -0.317. The standard InChI is InChI=1S/C15H11N7O/c23-14(12-10-21-8-3-6-16-15(21)19-12)18-11-4-1-2-5-13(11)22-9-7-17-20-22/h1-10H,(H,18,23). The second kappa shape index (κ2) is 5.34. The van der Waals surface area contributed by atoms with Gasteiger partial charge >= 0.3 is 0 Å². The molecule has 1 N–H and O–H groups in total. The molecule has 8 heteroatoms. The highest BCUT2D eigenvalue weighted by Crippen LogP contribution is 2.19. The van der Waals surface area contributed by atoms with E-state index in [1.807, 2.05) is 18.2 Å². The predicted octanol–water partition coefficient (Wildman–Crippen LogP) is 1.56. The molecule has 0 fully saturated rings. The van der Waals surface area contributed by atoms with Crippen LogP contribution in [0.4, 0.5) is 5.69 Å². The lowest BCUT2D eigenvalue weighted by Gasteiger charge is -2.09. The van der Waals surface area contributed by atoms with Crippen molar-refractivity contribution in [1.82, 2.24) is 29.4 Å². The molecule has 0 atom stereocenters. The molecule has 23 heavy (non-hydrogen) atoms. The van der Waals surface area contributed by atoms with E-state index >= 15 is 0 Å². The number of rotatable bonds is 3. The van der Waals surface area contributed by atoms with E-state index in [-0.39, 0.29) is 11.6 Å². The number of benzene rings is 1. The number of imidazole rings is 1. The Morgan fingerprint density at radius 2 is 2.00 bits per heavy atom. The quantitative estimate of drug-likeness (QED) is 0.620. The van der Waals surface area contributed by atoms with E-state index in [0.29, 0.717) is 11.5 Å². The zero-order valence-corrected chi connectivity index (χ0v) is 11.9. The number of hydrogen-bond acceptors (Lipinski definition) is 5. The van der Waals surface area contributed by atoms with Crippen LogP contribution in [0.25, 0.3) is 11.5 Å². The van der Waals surface area contributed by atoms with Gasteiger partial charge < -0.3 is 5.32 Å². The molecule has 4 rings (SSSR count). The van der Waals surface area contributed by atoms with Crippen molar-refractivity contribution in [3.8, 4) is 5.69 Å². The van der Waals surface area contributed by atoms with Crippen molar-refractivity contribution in [3.63, 3.8) is 0 Å². The van der Waals surface area contributed by atoms with Crippen molar-refractivity contribution in [2.45, 2.75) is 0 Å². The van der Waals surface area contributed by atoms with Crippen LogP contribution in [0, 0.1) is 0 Å². The van der Waals surface area contributed by atoms with E-state index in [4.69, 9.17) is 0 Å². The Balaban J connectivity index is 1.67. The van der Waals surface area contributed by atoms with Crippen molar-refractivity contribution in [3.05, 3.63) is 67.0 Å². The van der Waals surface area contributed by atoms with Gasteiger partial charge in [0.25, 0.3) is 5.91 Å². The Kier molecular flexibility index (Phi) is 3.05. The number of nitrogens with one attached hydrogen (secondary N) is 1. The van der Waals surface area contributed by atoms with Gasteiger partial charge in [0, 0.05) is 18.6 Å². The maximum atomic E-state index is 12.4. The Labute approximate surface area is 130 Å². The number of carbonyl (C=O) groups is 1. The lowest BCUT2D eigenvalue weighted by Crippen LogP contribution is -2.14. The minimum absolute atomic E-state index is 0.289. The van der Waals surface area contributed by atoms with Crippen molar-refractivity contribution in [2.24, 2.45) is 0 Å². The monoisotopic (exact) mass is 305 g/mol. The molecule has 0 saturated heterocycles. The Morgan fingerprint density at radius 1 is 1.09 bits per heavy atom. The fourth-order valence-corrected chi connectivity index (χ4v) is 2.24. The number of fused-ring (bicyclic) bond motifs is 1. The maximum Gasteiger partial charge on any atom is 0.276 e. The van der Waals surface area contributed by atoms with E-state index in [9.17, 15) is 4.79 Å². The van der Waals surface area contributed by atoms with Gasteiger partial charge in [-0.1, -0.05) is 17.3 Å². The zero-order valence-electron chi connectivity index (χ0n) is 11.9. The summed E-state index contributed by atoms with van der Waals surface area (Å²) >= 11 is 0. The summed E-state index contributed by atoms with van der Waals surface area (Å²) in [6.07, 6.45) is 8.33. The number of para-hydroxylation sites is 2. The van der Waals surface area contributed by atoms with Crippen LogP contribution in [0.3, 0.4) is 0 Å². The molecular weight excluding hydrogens is 294 g/mol. The molecule has 0 aliphatic heterocycles. The van der Waals surface area contributed by atoms with E-state index < -0.39 is 0 Å². The summed E-state index contributed by atoms with van der Waals surface area (Å²) in [4.78, 5) is 20.8. The fraction of sp³-hybridized carbons (Fsp3) is 0. The molecule has 4 aromatic rings. The van der Waals surface area contributed by atoms with Crippen molar-refractivity contribution >= 4 is 17.4 Å². The van der Waals surface area contributed by atoms with Crippen LogP contribution in [0.2, 0.25) is 0 Å². The summed E-state index contributed by atoms with van der Waals surface area (Å²) in [7, 11) is 0. The van der Waals surface area contributed by atoms with Gasteiger partial charge in [0.2, 0.25) is 5.78 Å². The van der Waals surface area contributed by atoms with Gasteiger partial charge in [-0.3, -0.25) is 9.20 Å². The summed E-state index contributed by atoms with van der Waals surface area (Å²) in [5.74, 6) is 0.158. The SMILES string of the molecule is O=C(Nc1ccccc1-n1ccnn1)c1cn2cccnc2n1. The molecule has 8 nitrogen and oxygen atoms in total. The molecule has 0 spiro atoms. The van der Waals surface area contributed by atoms with Crippen LogP contribution in [0.15, 0.2) is 61.3 Å². The number of hydrogen-bond donors (Lipinski definition) is 1. The average molecular weight is 305 g/mol. The molecule has 0 unspecified atom stereocenters. The van der Waals surface area contributed by atoms with Gasteiger partial charge in [0.05, 0.1) is 23.8 Å². The average Bonchev–Trinajstić information content (AvgIpc) is 3.25. The van der Waals surface area contributed by atoms with E-state index in [0.717, 1.165) is 5.69 Å². The molecule has 112 valence electrons. The van der Waals surface area contributed by atoms with Crippen molar-refractivity contribution < 1.29 is 4.79 Å². The molecule has 0 saturated carbocycles. The van der Waals surface area contributed by atoms with Crippen molar-refractivity contribution in [2.75, 3.05) is 5.32 Å². The molecule has 0 radical (unpaired) electrons. The summed E-state index contributed by atoms with van der Waals surface area (Å²) in [6.45, 7) is 0. The third kappa shape index (κ3) is 2.42. The van der Waals surface area contributed by atoms with Crippen molar-refractivity contribution in [1.29, 1.82) is 0 Å². The van der Waals surface area contributed by atoms with Gasteiger partial charge in [-0.05, 0) is 18.2 Å². The number of anilines is 1. The normalized spacial score (nSPS) is 10.8. The second-order valence-corrected chi connectivity index (χ2v) is 4.77. The van der Waals surface area contributed by atoms with Gasteiger partial charge in [0.15, 0.2) is 0 Å². The van der Waals surface area contributed by atoms with E-state index in [1.54, 1.807) is 52.2 Å². The topological polar surface area (TPSA) is 90.0 Å². The van der Waals surface area contributed by atoms with Crippen LogP contribution in [-0.2, 0) is 0 Å². The van der Waals surface area contributed by atoms with Crippen LogP contribution < -0.4 is 5.32 Å². The van der Waals surface area contributed by atoms with Gasteiger partial charge in [0.1, 0.15) is 5.69 Å². The minimum Gasteiger partial charge on any atom is -0.319 e. The highest BCUT2D eigenvalue weighted by atomic mass is 16.1. The molecular formula is C15H11N7O. The summed E-state index contributed by atoms with van der Waals surface area (Å²) in [5, 5.41) is 10.6. The Bertz CT molecular complexity index is 941. The number of nitrogens with zero attached hydrogens (tertiary/aromatic N) is 6. The molecule has 3 aromatic heterocycles. The number of aromatic nitrogens is 6. The largest absolute Gasteiger partial charge is 0.319 e. The van der Waals surface area contributed by atoms with Crippen LogP contribution in [0.1, 0.15) is 10.5 Å². The predicted molar refractivity (Wildman–Crippen MR) is 82.3 cm³/mol. The van der Waals surface area contributed by atoms with Crippen LogP contribution >= 0.6 is 0 Å². The highest BCUT2D eigenvalue weighted by molar-refractivity contribution is 6.04. The fourth-order valence-electron chi connectivity index (χ4n) is 2.24. The molecule has 0 aliphatic rings. The third-order valence-corrected chi connectivity index (χ3v) is 3.29. The first kappa shape index (κ1) is 13.1. The third-order valence-electron chi connectivity index (χ3n) is 3.29. The Morgan fingerprint density at radius 3 is 2.83 bits per heavy atom. The molecule has 0 bridgehead atoms. The van der Waals surface area contributed by atoms with Crippen LogP contribution in [-0.4, -0.2) is 35.3 Å². The number of carbonyl (C=O) groups excluding carboxylic acids is 1. The first-order valence-corrected chi connectivity index (χ1v) is 6.88. The van der Waals surface area contributed by atoms with Crippen LogP contribution in [0.5, 0.6) is 0 Å². The molecule has 1 aromatic carbocycles. The van der Waals surface area contributed by atoms with E-state index in [2.05, 4.69) is 25.6 Å².